The highest BCUT2D eigenvalue weighted by Crippen LogP contribution is 2.24. The second kappa shape index (κ2) is 20.0. The Hall–Kier alpha value is -5.92. The van der Waals surface area contributed by atoms with Crippen molar-refractivity contribution < 1.29 is 38.2 Å². The summed E-state index contributed by atoms with van der Waals surface area (Å²) in [5.41, 5.74) is 4.39. The molecule has 5 rings (SSSR count). The zero-order chi connectivity index (χ0) is 40.1. The van der Waals surface area contributed by atoms with Crippen LogP contribution in [0.4, 0.5) is 21.0 Å². The number of benzene rings is 3. The fraction of sp³-hybridized carbons (Fsp3) is 0.415. The van der Waals surface area contributed by atoms with Crippen molar-refractivity contribution in [1.82, 2.24) is 20.4 Å². The molecule has 2 fully saturated rings. The number of ether oxygens (including phenoxy) is 2. The lowest BCUT2D eigenvalue weighted by Crippen LogP contribution is -2.50. The van der Waals surface area contributed by atoms with E-state index >= 15 is 0 Å². The molecule has 14 heteroatoms. The zero-order valence-corrected chi connectivity index (χ0v) is 32.3. The van der Waals surface area contributed by atoms with E-state index in [1.54, 1.807) is 34.1 Å². The summed E-state index contributed by atoms with van der Waals surface area (Å²) < 4.78 is 9.26. The Morgan fingerprint density at radius 1 is 0.618 bits per heavy atom. The topological polar surface area (TPSA) is 175 Å². The fourth-order valence-electron chi connectivity index (χ4n) is 6.30. The van der Waals surface area contributed by atoms with Crippen molar-refractivity contribution in [2.45, 2.75) is 52.6 Å². The number of methoxy groups -OCH3 is 2. The van der Waals surface area contributed by atoms with Crippen LogP contribution >= 0.6 is 0 Å². The molecule has 0 spiro atoms. The van der Waals surface area contributed by atoms with Gasteiger partial charge in [-0.2, -0.15) is 0 Å². The van der Waals surface area contributed by atoms with E-state index in [0.29, 0.717) is 44.6 Å². The summed E-state index contributed by atoms with van der Waals surface area (Å²) in [5, 5.41) is 11.0. The van der Waals surface area contributed by atoms with Crippen molar-refractivity contribution in [3.63, 3.8) is 0 Å². The average molecular weight is 757 g/mol. The first kappa shape index (κ1) is 41.8. The number of aryl methyl sites for hydroxylation is 2. The predicted molar refractivity (Wildman–Crippen MR) is 208 cm³/mol. The number of rotatable bonds is 10. The van der Waals surface area contributed by atoms with E-state index in [1.165, 1.54) is 14.2 Å². The summed E-state index contributed by atoms with van der Waals surface area (Å²) in [7, 11) is 2.52. The molecule has 2 aliphatic rings. The van der Waals surface area contributed by atoms with Crippen LogP contribution in [0, 0.1) is 31.6 Å². The Bertz CT molecular complexity index is 1780. The Balaban J connectivity index is 0.000000246. The van der Waals surface area contributed by atoms with E-state index in [-0.39, 0.29) is 41.4 Å². The first-order chi connectivity index (χ1) is 26.3. The number of nitrogens with zero attached hydrogens (tertiary/aromatic N) is 2. The first-order valence-electron chi connectivity index (χ1n) is 18.4. The summed E-state index contributed by atoms with van der Waals surface area (Å²) in [5.74, 6) is -1.28. The molecule has 0 saturated carbocycles. The highest BCUT2D eigenvalue weighted by Gasteiger charge is 2.37. The molecular formula is C41H52N6O8. The average Bonchev–Trinajstić information content (AvgIpc) is 3.89. The number of alkyl carbamates (subject to hydrolysis) is 2. The van der Waals surface area contributed by atoms with Crippen LogP contribution in [0.5, 0.6) is 0 Å². The van der Waals surface area contributed by atoms with Gasteiger partial charge in [-0.15, -0.1) is 0 Å². The van der Waals surface area contributed by atoms with Gasteiger partial charge in [-0.3, -0.25) is 19.2 Å². The number of anilines is 2. The summed E-state index contributed by atoms with van der Waals surface area (Å²) in [4.78, 5) is 77.3. The van der Waals surface area contributed by atoms with Crippen LogP contribution in [-0.4, -0.2) is 92.1 Å². The largest absolute Gasteiger partial charge is 0.453 e. The van der Waals surface area contributed by atoms with Gasteiger partial charge in [0.25, 0.3) is 0 Å². The molecule has 0 aromatic heterocycles. The zero-order valence-electron chi connectivity index (χ0n) is 32.3. The van der Waals surface area contributed by atoms with Crippen molar-refractivity contribution in [1.29, 1.82) is 0 Å². The molecule has 4 N–H and O–H groups in total. The number of likely N-dealkylation sites (tertiary alicyclic amines) is 2. The van der Waals surface area contributed by atoms with E-state index in [4.69, 9.17) is 0 Å². The lowest BCUT2D eigenvalue weighted by atomic mass is 10.0. The highest BCUT2D eigenvalue weighted by atomic mass is 16.5. The minimum atomic E-state index is -0.859. The molecule has 3 aromatic rings. The molecule has 6 amide bonds. The number of carbonyl (C=O) groups is 6. The molecule has 0 radical (unpaired) electrons. The maximum absolute atomic E-state index is 13.1. The number of hydrogen-bond acceptors (Lipinski definition) is 8. The second-order valence-electron chi connectivity index (χ2n) is 14.1. The minimum absolute atomic E-state index is 0.0814. The SMILES string of the molecule is COC(=O)N[C@@H](C(=O)N1CC[C@@H](C(=O)Nc2ccc(C)cc2)C1)c1ccccc1.COC(=O)N[C@H](C(=O)N1CC[C@H](C(=O)Nc2ccc(C)cc2)C1)C(C)C. The third kappa shape index (κ3) is 12.0. The molecule has 2 aliphatic heterocycles. The molecule has 14 nitrogen and oxygen atoms in total. The smallest absolute Gasteiger partial charge is 0.407 e. The molecular weight excluding hydrogens is 704 g/mol. The Morgan fingerprint density at radius 3 is 1.49 bits per heavy atom. The summed E-state index contributed by atoms with van der Waals surface area (Å²) >= 11 is 0. The number of carbonyl (C=O) groups excluding carboxylic acids is 6. The van der Waals surface area contributed by atoms with Gasteiger partial charge in [-0.05, 0) is 62.4 Å². The van der Waals surface area contributed by atoms with Crippen molar-refractivity contribution in [2.75, 3.05) is 51.0 Å². The molecule has 0 unspecified atom stereocenters. The number of hydrogen-bond donors (Lipinski definition) is 4. The van der Waals surface area contributed by atoms with Gasteiger partial charge in [-0.25, -0.2) is 9.59 Å². The van der Waals surface area contributed by atoms with E-state index in [1.807, 2.05) is 82.3 Å². The van der Waals surface area contributed by atoms with Gasteiger partial charge >= 0.3 is 12.2 Å². The highest BCUT2D eigenvalue weighted by molar-refractivity contribution is 5.95. The summed E-state index contributed by atoms with van der Waals surface area (Å²) in [6, 6.07) is 22.6. The third-order valence-corrected chi connectivity index (χ3v) is 9.60. The van der Waals surface area contributed by atoms with Gasteiger partial charge in [0.1, 0.15) is 12.1 Å². The van der Waals surface area contributed by atoms with Crippen molar-refractivity contribution in [2.24, 2.45) is 17.8 Å². The second-order valence-corrected chi connectivity index (χ2v) is 14.1. The lowest BCUT2D eigenvalue weighted by molar-refractivity contribution is -0.134. The maximum Gasteiger partial charge on any atom is 0.407 e. The lowest BCUT2D eigenvalue weighted by Gasteiger charge is -2.26. The van der Waals surface area contributed by atoms with Crippen molar-refractivity contribution >= 4 is 47.2 Å². The molecule has 294 valence electrons. The van der Waals surface area contributed by atoms with Gasteiger partial charge in [0.15, 0.2) is 0 Å². The fourth-order valence-corrected chi connectivity index (χ4v) is 6.30. The van der Waals surface area contributed by atoms with Gasteiger partial charge in [-0.1, -0.05) is 79.6 Å². The van der Waals surface area contributed by atoms with Crippen LogP contribution in [0.1, 0.15) is 49.4 Å². The Kier molecular flexibility index (Phi) is 15.2. The van der Waals surface area contributed by atoms with E-state index in [9.17, 15) is 28.8 Å². The molecule has 2 heterocycles. The standard InChI is InChI=1S/C22H25N3O4.C19H27N3O4/c1-15-8-10-18(11-9-15)23-20(26)17-12-13-25(14-17)21(27)19(24-22(28)29-2)16-6-4-3-5-7-16;1-12(2)16(21-19(25)26-4)18(24)22-10-9-14(11-22)17(23)20-15-7-5-13(3)6-8-15/h3-11,17,19H,12-14H2,1-2H3,(H,23,26)(H,24,28);5-8,12,14,16H,9-11H2,1-4H3,(H,20,23)(H,21,25)/t17-,19-;14-,16-/m10/s1. The molecule has 3 aromatic carbocycles. The van der Waals surface area contributed by atoms with Gasteiger partial charge in [0, 0.05) is 37.6 Å². The molecule has 0 aliphatic carbocycles. The Labute approximate surface area is 322 Å². The van der Waals surface area contributed by atoms with E-state index < -0.39 is 24.3 Å². The monoisotopic (exact) mass is 756 g/mol. The van der Waals surface area contributed by atoms with Crippen LogP contribution in [-0.2, 0) is 28.7 Å². The molecule has 0 bridgehead atoms. The molecule has 55 heavy (non-hydrogen) atoms. The predicted octanol–water partition coefficient (Wildman–Crippen LogP) is 5.04. The maximum atomic E-state index is 13.1. The normalized spacial score (nSPS) is 17.2. The minimum Gasteiger partial charge on any atom is -0.453 e. The molecule has 2 saturated heterocycles. The van der Waals surface area contributed by atoms with E-state index in [0.717, 1.165) is 22.5 Å². The van der Waals surface area contributed by atoms with Crippen LogP contribution < -0.4 is 21.3 Å². The number of nitrogens with one attached hydrogen (secondary N) is 4. The van der Waals surface area contributed by atoms with Gasteiger partial charge in [0.05, 0.1) is 26.1 Å². The number of amides is 6. The van der Waals surface area contributed by atoms with Gasteiger partial charge in [0.2, 0.25) is 23.6 Å². The van der Waals surface area contributed by atoms with E-state index in [2.05, 4.69) is 30.7 Å². The summed E-state index contributed by atoms with van der Waals surface area (Å²) in [6.07, 6.45) is -0.139. The molecule has 4 atom stereocenters. The van der Waals surface area contributed by atoms with Crippen LogP contribution in [0.2, 0.25) is 0 Å². The Morgan fingerprint density at radius 2 is 1.05 bits per heavy atom. The quantitative estimate of drug-likeness (QED) is 0.223. The van der Waals surface area contributed by atoms with Crippen molar-refractivity contribution in [3.8, 4) is 0 Å². The summed E-state index contributed by atoms with van der Waals surface area (Å²) in [6.45, 7) is 9.29. The first-order valence-corrected chi connectivity index (χ1v) is 18.4. The van der Waals surface area contributed by atoms with Crippen LogP contribution in [0.15, 0.2) is 78.9 Å². The van der Waals surface area contributed by atoms with Crippen LogP contribution in [0.3, 0.4) is 0 Å². The van der Waals surface area contributed by atoms with Crippen molar-refractivity contribution in [3.05, 3.63) is 95.6 Å². The van der Waals surface area contributed by atoms with Gasteiger partial charge < -0.3 is 40.5 Å². The third-order valence-electron chi connectivity index (χ3n) is 9.60. The van der Waals surface area contributed by atoms with Crippen LogP contribution in [0.25, 0.3) is 0 Å².